The molecular formula is C15H24N2OS. The van der Waals surface area contributed by atoms with Gasteiger partial charge in [-0.05, 0) is 43.3 Å². The van der Waals surface area contributed by atoms with E-state index in [0.717, 1.165) is 11.4 Å². The van der Waals surface area contributed by atoms with Crippen LogP contribution in [-0.2, 0) is 0 Å². The van der Waals surface area contributed by atoms with E-state index in [2.05, 4.69) is 24.1 Å². The van der Waals surface area contributed by atoms with Crippen LogP contribution in [0.4, 0.5) is 0 Å². The van der Waals surface area contributed by atoms with Gasteiger partial charge < -0.3 is 5.32 Å². The fourth-order valence-electron chi connectivity index (χ4n) is 2.73. The Morgan fingerprint density at radius 3 is 2.68 bits per heavy atom. The minimum atomic E-state index is 0.0673. The van der Waals surface area contributed by atoms with Gasteiger partial charge in [-0.25, -0.2) is 0 Å². The molecule has 1 atom stereocenters. The highest BCUT2D eigenvalue weighted by Crippen LogP contribution is 2.17. The molecule has 1 unspecified atom stereocenters. The van der Waals surface area contributed by atoms with Crippen LogP contribution in [0.3, 0.4) is 0 Å². The summed E-state index contributed by atoms with van der Waals surface area (Å²) in [7, 11) is 0. The third-order valence-corrected chi connectivity index (χ3v) is 4.71. The molecule has 106 valence electrons. The Kier molecular flexibility index (Phi) is 5.40. The molecule has 0 radical (unpaired) electrons. The van der Waals surface area contributed by atoms with Gasteiger partial charge in [0.05, 0.1) is 4.88 Å². The maximum Gasteiger partial charge on any atom is 0.261 e. The SMILES string of the molecule is CC(C)C(CNC(=O)c1cccs1)N1CCCCC1. The average Bonchev–Trinajstić information content (AvgIpc) is 2.93. The fourth-order valence-corrected chi connectivity index (χ4v) is 3.37. The predicted molar refractivity (Wildman–Crippen MR) is 80.7 cm³/mol. The maximum atomic E-state index is 12.0. The highest BCUT2D eigenvalue weighted by Gasteiger charge is 2.24. The molecule has 1 aliphatic heterocycles. The first-order chi connectivity index (χ1) is 9.18. The third-order valence-electron chi connectivity index (χ3n) is 3.85. The number of amides is 1. The number of piperidine rings is 1. The summed E-state index contributed by atoms with van der Waals surface area (Å²) >= 11 is 1.50. The van der Waals surface area contributed by atoms with E-state index in [1.807, 2.05) is 17.5 Å². The number of nitrogens with zero attached hydrogens (tertiary/aromatic N) is 1. The second-order valence-electron chi connectivity index (χ2n) is 5.60. The fraction of sp³-hybridized carbons (Fsp3) is 0.667. The first kappa shape index (κ1) is 14.5. The van der Waals surface area contributed by atoms with Gasteiger partial charge in [-0.15, -0.1) is 11.3 Å². The summed E-state index contributed by atoms with van der Waals surface area (Å²) in [4.78, 5) is 15.3. The summed E-state index contributed by atoms with van der Waals surface area (Å²) in [5.41, 5.74) is 0. The quantitative estimate of drug-likeness (QED) is 0.899. The van der Waals surface area contributed by atoms with E-state index in [0.29, 0.717) is 12.0 Å². The first-order valence-electron chi connectivity index (χ1n) is 7.24. The number of nitrogens with one attached hydrogen (secondary N) is 1. The minimum absolute atomic E-state index is 0.0673. The highest BCUT2D eigenvalue weighted by atomic mass is 32.1. The van der Waals surface area contributed by atoms with Crippen LogP contribution < -0.4 is 5.32 Å². The largest absolute Gasteiger partial charge is 0.350 e. The summed E-state index contributed by atoms with van der Waals surface area (Å²) in [5.74, 6) is 0.638. The van der Waals surface area contributed by atoms with Crippen molar-refractivity contribution in [2.45, 2.75) is 39.2 Å². The topological polar surface area (TPSA) is 32.3 Å². The molecule has 0 bridgehead atoms. The van der Waals surface area contributed by atoms with Crippen molar-refractivity contribution in [3.8, 4) is 0 Å². The number of thiophene rings is 1. The zero-order valence-electron chi connectivity index (χ0n) is 11.9. The van der Waals surface area contributed by atoms with Gasteiger partial charge in [0.15, 0.2) is 0 Å². The predicted octanol–water partition coefficient (Wildman–Crippen LogP) is 2.99. The van der Waals surface area contributed by atoms with Gasteiger partial charge in [0.25, 0.3) is 5.91 Å². The van der Waals surface area contributed by atoms with Crippen molar-refractivity contribution in [2.75, 3.05) is 19.6 Å². The standard InChI is InChI=1S/C15H24N2OS/c1-12(2)13(17-8-4-3-5-9-17)11-16-15(18)14-7-6-10-19-14/h6-7,10,12-13H,3-5,8-9,11H2,1-2H3,(H,16,18). The van der Waals surface area contributed by atoms with Crippen molar-refractivity contribution in [1.82, 2.24) is 10.2 Å². The smallest absolute Gasteiger partial charge is 0.261 e. The van der Waals surface area contributed by atoms with E-state index in [1.165, 1.54) is 43.7 Å². The van der Waals surface area contributed by atoms with E-state index in [1.54, 1.807) is 0 Å². The van der Waals surface area contributed by atoms with E-state index in [9.17, 15) is 4.79 Å². The van der Waals surface area contributed by atoms with Gasteiger partial charge in [0.1, 0.15) is 0 Å². The molecule has 0 aromatic carbocycles. The lowest BCUT2D eigenvalue weighted by molar-refractivity contribution is 0.0899. The van der Waals surface area contributed by atoms with Gasteiger partial charge in [0, 0.05) is 12.6 Å². The lowest BCUT2D eigenvalue weighted by Crippen LogP contribution is -2.48. The van der Waals surface area contributed by atoms with Crippen molar-refractivity contribution in [3.05, 3.63) is 22.4 Å². The summed E-state index contributed by atoms with van der Waals surface area (Å²) < 4.78 is 0. The Morgan fingerprint density at radius 2 is 2.11 bits per heavy atom. The molecule has 1 saturated heterocycles. The number of likely N-dealkylation sites (tertiary alicyclic amines) is 1. The normalized spacial score (nSPS) is 18.5. The molecule has 0 saturated carbocycles. The lowest BCUT2D eigenvalue weighted by Gasteiger charge is -2.37. The van der Waals surface area contributed by atoms with Gasteiger partial charge in [0.2, 0.25) is 0 Å². The number of hydrogen-bond donors (Lipinski definition) is 1. The Hall–Kier alpha value is -0.870. The number of carbonyl (C=O) groups is 1. The molecular weight excluding hydrogens is 256 g/mol. The number of carbonyl (C=O) groups excluding carboxylic acids is 1. The van der Waals surface area contributed by atoms with Gasteiger partial charge in [-0.1, -0.05) is 26.3 Å². The lowest BCUT2D eigenvalue weighted by atomic mass is 9.99. The zero-order valence-corrected chi connectivity index (χ0v) is 12.7. The van der Waals surface area contributed by atoms with E-state index in [-0.39, 0.29) is 5.91 Å². The van der Waals surface area contributed by atoms with Crippen molar-refractivity contribution in [2.24, 2.45) is 5.92 Å². The Labute approximate surface area is 120 Å². The van der Waals surface area contributed by atoms with Crippen LogP contribution in [0.15, 0.2) is 17.5 Å². The summed E-state index contributed by atoms with van der Waals surface area (Å²) in [6.07, 6.45) is 3.94. The van der Waals surface area contributed by atoms with E-state index >= 15 is 0 Å². The van der Waals surface area contributed by atoms with Gasteiger partial charge in [-0.3, -0.25) is 9.69 Å². The Bertz CT molecular complexity index is 383. The molecule has 0 aliphatic carbocycles. The number of rotatable bonds is 5. The molecule has 1 aromatic rings. The molecule has 1 aromatic heterocycles. The van der Waals surface area contributed by atoms with Crippen LogP contribution in [0.5, 0.6) is 0 Å². The molecule has 2 heterocycles. The van der Waals surface area contributed by atoms with Crippen LogP contribution in [0, 0.1) is 5.92 Å². The van der Waals surface area contributed by atoms with Crippen LogP contribution in [-0.4, -0.2) is 36.5 Å². The van der Waals surface area contributed by atoms with Gasteiger partial charge in [-0.2, -0.15) is 0 Å². The number of hydrogen-bond acceptors (Lipinski definition) is 3. The summed E-state index contributed by atoms with van der Waals surface area (Å²) in [5, 5.41) is 5.04. The van der Waals surface area contributed by atoms with Crippen molar-refractivity contribution >= 4 is 17.2 Å². The van der Waals surface area contributed by atoms with Crippen LogP contribution >= 0.6 is 11.3 Å². The van der Waals surface area contributed by atoms with Crippen LogP contribution in [0.25, 0.3) is 0 Å². The van der Waals surface area contributed by atoms with E-state index in [4.69, 9.17) is 0 Å². The summed E-state index contributed by atoms with van der Waals surface area (Å²) in [6, 6.07) is 4.26. The first-order valence-corrected chi connectivity index (χ1v) is 8.12. The molecule has 1 aliphatic rings. The average molecular weight is 280 g/mol. The molecule has 0 spiro atoms. The maximum absolute atomic E-state index is 12.0. The van der Waals surface area contributed by atoms with Crippen molar-refractivity contribution < 1.29 is 4.79 Å². The molecule has 1 amide bonds. The zero-order chi connectivity index (χ0) is 13.7. The van der Waals surface area contributed by atoms with Crippen molar-refractivity contribution in [3.63, 3.8) is 0 Å². The van der Waals surface area contributed by atoms with Crippen molar-refractivity contribution in [1.29, 1.82) is 0 Å². The minimum Gasteiger partial charge on any atom is -0.350 e. The van der Waals surface area contributed by atoms with Crippen LogP contribution in [0.2, 0.25) is 0 Å². The van der Waals surface area contributed by atoms with Gasteiger partial charge >= 0.3 is 0 Å². The molecule has 3 nitrogen and oxygen atoms in total. The molecule has 1 N–H and O–H groups in total. The third kappa shape index (κ3) is 4.05. The molecule has 1 fully saturated rings. The molecule has 2 rings (SSSR count). The molecule has 4 heteroatoms. The second kappa shape index (κ2) is 7.06. The monoisotopic (exact) mass is 280 g/mol. The summed E-state index contributed by atoms with van der Waals surface area (Å²) in [6.45, 7) is 7.61. The Balaban J connectivity index is 1.88. The van der Waals surface area contributed by atoms with E-state index < -0.39 is 0 Å². The highest BCUT2D eigenvalue weighted by molar-refractivity contribution is 7.12. The Morgan fingerprint density at radius 1 is 1.37 bits per heavy atom. The molecule has 19 heavy (non-hydrogen) atoms. The van der Waals surface area contributed by atoms with Crippen LogP contribution in [0.1, 0.15) is 42.8 Å². The second-order valence-corrected chi connectivity index (χ2v) is 6.54.